The number of ether oxygens (including phenoxy) is 1. The average Bonchev–Trinajstić information content (AvgIpc) is 2.69. The fourth-order valence-electron chi connectivity index (χ4n) is 3.28. The fourth-order valence-corrected chi connectivity index (χ4v) is 3.28. The van der Waals surface area contributed by atoms with Crippen molar-refractivity contribution in [1.82, 2.24) is 10.2 Å². The normalized spacial score (nSPS) is 35.2. The van der Waals surface area contributed by atoms with Crippen LogP contribution >= 0.6 is 0 Å². The number of carbonyl (C=O) groups excluding carboxylic acids is 1. The van der Waals surface area contributed by atoms with Gasteiger partial charge in [-0.3, -0.25) is 4.79 Å². The van der Waals surface area contributed by atoms with Gasteiger partial charge in [0, 0.05) is 7.97 Å². The van der Waals surface area contributed by atoms with Crippen LogP contribution in [0.5, 0.6) is 0 Å². The molecule has 1 saturated carbocycles. The number of carbonyl (C=O) groups is 1. The van der Waals surface area contributed by atoms with Gasteiger partial charge in [-0.25, -0.2) is 0 Å². The van der Waals surface area contributed by atoms with Crippen LogP contribution in [0.2, 0.25) is 0 Å². The van der Waals surface area contributed by atoms with Gasteiger partial charge in [0.25, 0.3) is 0 Å². The number of nitrogens with zero attached hydrogens (tertiary/aromatic N) is 1. The lowest BCUT2D eigenvalue weighted by Crippen LogP contribution is -2.58. The van der Waals surface area contributed by atoms with Crippen molar-refractivity contribution in [2.45, 2.75) is 32.7 Å². The Morgan fingerprint density at radius 1 is 1.32 bits per heavy atom. The van der Waals surface area contributed by atoms with Crippen LogP contribution in [0.3, 0.4) is 0 Å². The quantitative estimate of drug-likeness (QED) is 0.726. The highest BCUT2D eigenvalue weighted by molar-refractivity contribution is 5.82. The van der Waals surface area contributed by atoms with Gasteiger partial charge in [0.05, 0.1) is 18.3 Å². The second-order valence-corrected chi connectivity index (χ2v) is 5.43. The van der Waals surface area contributed by atoms with Crippen molar-refractivity contribution in [3.05, 3.63) is 23.6 Å². The molecule has 5 rings (SSSR count). The van der Waals surface area contributed by atoms with Gasteiger partial charge < -0.3 is 15.0 Å². The third kappa shape index (κ3) is 2.08. The smallest absolute Gasteiger partial charge is 0.241 e. The van der Waals surface area contributed by atoms with Gasteiger partial charge in [0.15, 0.2) is 0 Å². The Morgan fingerprint density at radius 2 is 2.05 bits per heavy atom. The minimum atomic E-state index is 0. The summed E-state index contributed by atoms with van der Waals surface area (Å²) in [4.78, 5) is 14.0. The maximum Gasteiger partial charge on any atom is 0.241 e. The van der Waals surface area contributed by atoms with E-state index in [0.29, 0.717) is 25.0 Å². The molecule has 2 aliphatic heterocycles. The Balaban J connectivity index is 0.000000471. The summed E-state index contributed by atoms with van der Waals surface area (Å²) in [5.41, 5.74) is 1.04. The molecule has 0 aromatic carbocycles. The monoisotopic (exact) mass is 264 g/mol. The Kier molecular flexibility index (Phi) is 3.35. The zero-order chi connectivity index (χ0) is 13.4. The van der Waals surface area contributed by atoms with Crippen molar-refractivity contribution in [2.75, 3.05) is 19.7 Å². The molecular formula is C15H24N2O2. The summed E-state index contributed by atoms with van der Waals surface area (Å²) in [5, 5.41) is 3.15. The van der Waals surface area contributed by atoms with E-state index < -0.39 is 0 Å². The Bertz CT molecular complexity index is 441. The van der Waals surface area contributed by atoms with E-state index in [1.807, 2.05) is 18.7 Å². The van der Waals surface area contributed by atoms with E-state index in [1.165, 1.54) is 12.8 Å². The lowest BCUT2D eigenvalue weighted by Gasteiger charge is -2.41. The summed E-state index contributed by atoms with van der Waals surface area (Å²) in [6, 6.07) is 0.176. The molecule has 3 fully saturated rings. The molecule has 0 aromatic heterocycles. The number of amides is 1. The van der Waals surface area contributed by atoms with Crippen molar-refractivity contribution in [1.29, 1.82) is 0 Å². The number of fused-ring (bicyclic) bond motifs is 1. The maximum atomic E-state index is 12.1. The van der Waals surface area contributed by atoms with Crippen molar-refractivity contribution in [3.63, 3.8) is 0 Å². The third-order valence-electron chi connectivity index (χ3n) is 4.22. The van der Waals surface area contributed by atoms with Crippen LogP contribution in [-0.4, -0.2) is 36.5 Å². The van der Waals surface area contributed by atoms with Crippen LogP contribution in [0.25, 0.3) is 0 Å². The molecule has 1 N–H and O–H groups in total. The molecule has 4 nitrogen and oxygen atoms in total. The van der Waals surface area contributed by atoms with Gasteiger partial charge in [0.1, 0.15) is 12.4 Å². The van der Waals surface area contributed by atoms with Crippen LogP contribution in [0.4, 0.5) is 0 Å². The van der Waals surface area contributed by atoms with Crippen LogP contribution in [-0.2, 0) is 9.53 Å². The predicted molar refractivity (Wildman–Crippen MR) is 75.3 cm³/mol. The molecule has 3 aliphatic carbocycles. The average molecular weight is 264 g/mol. The molecule has 2 heterocycles. The lowest BCUT2D eigenvalue weighted by atomic mass is 9.76. The number of rotatable bonds is 0. The van der Waals surface area contributed by atoms with E-state index in [4.69, 9.17) is 4.74 Å². The summed E-state index contributed by atoms with van der Waals surface area (Å²) >= 11 is 0. The van der Waals surface area contributed by atoms with Gasteiger partial charge in [0.2, 0.25) is 5.91 Å². The number of allylic oxidation sites excluding steroid dienone is 2. The second kappa shape index (κ2) is 5.00. The Morgan fingerprint density at radius 3 is 2.84 bits per heavy atom. The molecule has 5 aliphatic rings. The van der Waals surface area contributed by atoms with E-state index in [0.717, 1.165) is 18.0 Å². The number of morpholine rings is 1. The number of nitrogens with one attached hydrogen (secondary N) is 1. The van der Waals surface area contributed by atoms with Gasteiger partial charge in [-0.05, 0) is 30.8 Å². The van der Waals surface area contributed by atoms with Crippen molar-refractivity contribution >= 4 is 5.91 Å². The molecule has 0 radical (unpaired) electrons. The van der Waals surface area contributed by atoms with Gasteiger partial charge in [-0.2, -0.15) is 0 Å². The van der Waals surface area contributed by atoms with Crippen LogP contribution < -0.4 is 5.32 Å². The molecular weight excluding hydrogens is 240 g/mol. The van der Waals surface area contributed by atoms with E-state index in [1.54, 1.807) is 0 Å². The van der Waals surface area contributed by atoms with E-state index in [2.05, 4.69) is 17.5 Å². The largest absolute Gasteiger partial charge is 0.490 e. The molecule has 1 atom stereocenters. The zero-order valence-corrected chi connectivity index (χ0v) is 11.7. The topological polar surface area (TPSA) is 41.6 Å². The highest BCUT2D eigenvalue weighted by Gasteiger charge is 2.40. The first-order chi connectivity index (χ1) is 9.31. The fraction of sp³-hybridized carbons (Fsp3) is 0.667. The molecule has 19 heavy (non-hydrogen) atoms. The third-order valence-corrected chi connectivity index (χ3v) is 4.22. The maximum absolute atomic E-state index is 12.1. The minimum absolute atomic E-state index is 0. The summed E-state index contributed by atoms with van der Waals surface area (Å²) in [5.74, 6) is 2.44. The minimum Gasteiger partial charge on any atom is -0.490 e. The van der Waals surface area contributed by atoms with Gasteiger partial charge in [-0.1, -0.05) is 19.9 Å². The van der Waals surface area contributed by atoms with Crippen molar-refractivity contribution < 1.29 is 11.0 Å². The number of hydrogen-bond donors (Lipinski definition) is 1. The molecule has 0 aromatic rings. The Labute approximate surface area is 116 Å². The molecule has 2 bridgehead atoms. The molecule has 0 spiro atoms. The van der Waals surface area contributed by atoms with Crippen LogP contribution in [0, 0.1) is 11.8 Å². The van der Waals surface area contributed by atoms with Gasteiger partial charge in [-0.15, -0.1) is 0 Å². The highest BCUT2D eigenvalue weighted by Crippen LogP contribution is 2.43. The second-order valence-electron chi connectivity index (χ2n) is 5.43. The number of piperazine rings is 1. The van der Waals surface area contributed by atoms with Crippen LogP contribution in [0.15, 0.2) is 23.6 Å². The molecule has 1 unspecified atom stereocenters. The molecule has 4 heteroatoms. The highest BCUT2D eigenvalue weighted by atomic mass is 16.5. The van der Waals surface area contributed by atoms with E-state index in [-0.39, 0.29) is 13.4 Å². The molecule has 1 amide bonds. The number of hydrogen-bond acceptors (Lipinski definition) is 3. The predicted octanol–water partition coefficient (Wildman–Crippen LogP) is 1.90. The zero-order valence-electron chi connectivity index (χ0n) is 11.7. The summed E-state index contributed by atoms with van der Waals surface area (Å²) in [6.07, 6.45) is 6.92. The first kappa shape index (κ1) is 12.7. The lowest BCUT2D eigenvalue weighted by molar-refractivity contribution is -0.135. The first-order valence-electron chi connectivity index (χ1n) is 7.41. The van der Waals surface area contributed by atoms with E-state index >= 15 is 0 Å². The Hall–Kier alpha value is -1.29. The first-order valence-corrected chi connectivity index (χ1v) is 7.41. The SMILES string of the molecule is CC.O=C1CNCC2COC3=CC4CC(C=C3N12)C4.[HH]. The molecule has 2 saturated heterocycles. The summed E-state index contributed by atoms with van der Waals surface area (Å²) < 4.78 is 5.84. The van der Waals surface area contributed by atoms with Crippen molar-refractivity contribution in [3.8, 4) is 0 Å². The summed E-state index contributed by atoms with van der Waals surface area (Å²) in [7, 11) is 0. The molecule has 106 valence electrons. The van der Waals surface area contributed by atoms with Crippen molar-refractivity contribution in [2.24, 2.45) is 11.8 Å². The van der Waals surface area contributed by atoms with E-state index in [9.17, 15) is 4.79 Å². The van der Waals surface area contributed by atoms with Crippen LogP contribution in [0.1, 0.15) is 28.1 Å². The summed E-state index contributed by atoms with van der Waals surface area (Å²) in [6.45, 7) is 5.92. The standard InChI is InChI=1S/C13H16N2O2.C2H6.H2/c16-13-6-14-5-10-7-17-12-4-9-1-8(2-9)3-11(12)15(10)13;1-2;/h3-4,8-10,14H,1-2,5-7H2;1-2H3;1H. The van der Waals surface area contributed by atoms with Gasteiger partial charge >= 0.3 is 0 Å².